The quantitative estimate of drug-likeness (QED) is 0.647. The summed E-state index contributed by atoms with van der Waals surface area (Å²) in [7, 11) is 0. The Kier molecular flexibility index (Phi) is 7.11. The molecule has 1 N–H and O–H groups in total. The SMILES string of the molecule is CCNC(CCC(C)C)CCC1CCCC1. The Labute approximate surface area is 102 Å². The van der Waals surface area contributed by atoms with Crippen molar-refractivity contribution in [3.05, 3.63) is 0 Å². The molecule has 1 unspecified atom stereocenters. The van der Waals surface area contributed by atoms with Gasteiger partial charge in [0.05, 0.1) is 0 Å². The van der Waals surface area contributed by atoms with Gasteiger partial charge in [0.25, 0.3) is 0 Å². The van der Waals surface area contributed by atoms with E-state index in [0.717, 1.165) is 24.4 Å². The Balaban J connectivity index is 2.15. The van der Waals surface area contributed by atoms with Crippen molar-refractivity contribution in [1.82, 2.24) is 5.32 Å². The third-order valence-corrected chi connectivity index (χ3v) is 3.98. The highest BCUT2D eigenvalue weighted by molar-refractivity contribution is 4.73. The van der Waals surface area contributed by atoms with Crippen molar-refractivity contribution in [1.29, 1.82) is 0 Å². The molecule has 1 heteroatoms. The lowest BCUT2D eigenvalue weighted by Gasteiger charge is -2.20. The van der Waals surface area contributed by atoms with Crippen LogP contribution in [0.3, 0.4) is 0 Å². The first-order chi connectivity index (χ1) is 7.72. The van der Waals surface area contributed by atoms with Crippen LogP contribution in [0.4, 0.5) is 0 Å². The summed E-state index contributed by atoms with van der Waals surface area (Å²) >= 11 is 0. The number of hydrogen-bond acceptors (Lipinski definition) is 1. The Hall–Kier alpha value is -0.0400. The molecule has 1 aliphatic carbocycles. The number of nitrogens with one attached hydrogen (secondary N) is 1. The molecule has 0 amide bonds. The van der Waals surface area contributed by atoms with Gasteiger partial charge in [0.2, 0.25) is 0 Å². The van der Waals surface area contributed by atoms with Crippen molar-refractivity contribution in [2.75, 3.05) is 6.54 Å². The molecule has 1 atom stereocenters. The first-order valence-electron chi connectivity index (χ1n) is 7.45. The van der Waals surface area contributed by atoms with Gasteiger partial charge in [-0.3, -0.25) is 0 Å². The summed E-state index contributed by atoms with van der Waals surface area (Å²) in [6.45, 7) is 8.03. The average Bonchev–Trinajstić information content (AvgIpc) is 2.75. The van der Waals surface area contributed by atoms with E-state index in [1.165, 1.54) is 51.4 Å². The summed E-state index contributed by atoms with van der Waals surface area (Å²) in [6, 6.07) is 0.785. The molecule has 1 rings (SSSR count). The van der Waals surface area contributed by atoms with Crippen LogP contribution in [0.1, 0.15) is 72.1 Å². The van der Waals surface area contributed by atoms with Gasteiger partial charge >= 0.3 is 0 Å². The van der Waals surface area contributed by atoms with Crippen LogP contribution in [0, 0.1) is 11.8 Å². The van der Waals surface area contributed by atoms with Crippen molar-refractivity contribution in [2.45, 2.75) is 78.2 Å². The molecular formula is C15H31N. The summed E-state index contributed by atoms with van der Waals surface area (Å²) in [5.41, 5.74) is 0. The van der Waals surface area contributed by atoms with E-state index in [9.17, 15) is 0 Å². The zero-order valence-electron chi connectivity index (χ0n) is 11.6. The molecule has 0 spiro atoms. The molecule has 0 aromatic heterocycles. The molecule has 1 fully saturated rings. The Morgan fingerprint density at radius 1 is 1.06 bits per heavy atom. The standard InChI is InChI=1S/C15H31N/c1-4-16-15(11-9-13(2)3)12-10-14-7-5-6-8-14/h13-16H,4-12H2,1-3H3. The van der Waals surface area contributed by atoms with Gasteiger partial charge in [-0.2, -0.15) is 0 Å². The number of hydrogen-bond donors (Lipinski definition) is 1. The van der Waals surface area contributed by atoms with Crippen molar-refractivity contribution in [2.24, 2.45) is 11.8 Å². The fraction of sp³-hybridized carbons (Fsp3) is 1.00. The van der Waals surface area contributed by atoms with Gasteiger partial charge in [0.1, 0.15) is 0 Å². The van der Waals surface area contributed by atoms with Gasteiger partial charge < -0.3 is 5.32 Å². The van der Waals surface area contributed by atoms with Gasteiger partial charge in [-0.15, -0.1) is 0 Å². The van der Waals surface area contributed by atoms with Gasteiger partial charge in [0, 0.05) is 6.04 Å². The molecule has 0 aliphatic heterocycles. The second-order valence-corrected chi connectivity index (χ2v) is 5.95. The molecule has 0 saturated heterocycles. The molecule has 96 valence electrons. The van der Waals surface area contributed by atoms with Crippen molar-refractivity contribution in [3.8, 4) is 0 Å². The first-order valence-corrected chi connectivity index (χ1v) is 7.45. The normalized spacial score (nSPS) is 19.5. The lowest BCUT2D eigenvalue weighted by atomic mass is 9.94. The third-order valence-electron chi connectivity index (χ3n) is 3.98. The molecule has 1 saturated carbocycles. The predicted molar refractivity (Wildman–Crippen MR) is 72.7 cm³/mol. The Morgan fingerprint density at radius 2 is 1.75 bits per heavy atom. The molecule has 0 aromatic carbocycles. The maximum absolute atomic E-state index is 3.66. The molecule has 1 nitrogen and oxygen atoms in total. The molecule has 1 aliphatic rings. The second-order valence-electron chi connectivity index (χ2n) is 5.95. The smallest absolute Gasteiger partial charge is 0.00671 e. The van der Waals surface area contributed by atoms with Crippen molar-refractivity contribution in [3.63, 3.8) is 0 Å². The van der Waals surface area contributed by atoms with E-state index >= 15 is 0 Å². The summed E-state index contributed by atoms with van der Waals surface area (Å²) in [4.78, 5) is 0. The first kappa shape index (κ1) is 14.0. The Bertz CT molecular complexity index is 159. The highest BCUT2D eigenvalue weighted by atomic mass is 14.9. The Morgan fingerprint density at radius 3 is 2.31 bits per heavy atom. The fourth-order valence-electron chi connectivity index (χ4n) is 2.91. The molecular weight excluding hydrogens is 194 g/mol. The molecule has 0 bridgehead atoms. The summed E-state index contributed by atoms with van der Waals surface area (Å²) in [6.07, 6.45) is 11.6. The maximum Gasteiger partial charge on any atom is 0.00671 e. The van der Waals surface area contributed by atoms with Crippen LogP contribution in [0.5, 0.6) is 0 Å². The van der Waals surface area contributed by atoms with Crippen LogP contribution in [0.15, 0.2) is 0 Å². The lowest BCUT2D eigenvalue weighted by Crippen LogP contribution is -2.29. The van der Waals surface area contributed by atoms with E-state index in [0.29, 0.717) is 0 Å². The van der Waals surface area contributed by atoms with E-state index in [1.807, 2.05) is 0 Å². The van der Waals surface area contributed by atoms with Crippen molar-refractivity contribution >= 4 is 0 Å². The minimum Gasteiger partial charge on any atom is -0.314 e. The second kappa shape index (κ2) is 8.11. The maximum atomic E-state index is 3.66. The summed E-state index contributed by atoms with van der Waals surface area (Å²) in [5, 5.41) is 3.66. The third kappa shape index (κ3) is 5.89. The van der Waals surface area contributed by atoms with Crippen LogP contribution in [0.25, 0.3) is 0 Å². The van der Waals surface area contributed by atoms with Gasteiger partial charge in [-0.1, -0.05) is 46.5 Å². The highest BCUT2D eigenvalue weighted by Gasteiger charge is 2.17. The zero-order valence-corrected chi connectivity index (χ0v) is 11.6. The topological polar surface area (TPSA) is 12.0 Å². The summed E-state index contributed by atoms with van der Waals surface area (Å²) in [5.74, 6) is 1.91. The van der Waals surface area contributed by atoms with E-state index in [1.54, 1.807) is 0 Å². The van der Waals surface area contributed by atoms with Crippen LogP contribution < -0.4 is 5.32 Å². The predicted octanol–water partition coefficient (Wildman–Crippen LogP) is 4.37. The fourth-order valence-corrected chi connectivity index (χ4v) is 2.91. The zero-order chi connectivity index (χ0) is 11.8. The van der Waals surface area contributed by atoms with E-state index in [-0.39, 0.29) is 0 Å². The number of rotatable bonds is 8. The molecule has 0 heterocycles. The van der Waals surface area contributed by atoms with Gasteiger partial charge in [-0.25, -0.2) is 0 Å². The van der Waals surface area contributed by atoms with Crippen LogP contribution in [-0.2, 0) is 0 Å². The summed E-state index contributed by atoms with van der Waals surface area (Å²) < 4.78 is 0. The monoisotopic (exact) mass is 225 g/mol. The van der Waals surface area contributed by atoms with E-state index in [2.05, 4.69) is 26.1 Å². The minimum atomic E-state index is 0.785. The van der Waals surface area contributed by atoms with Crippen LogP contribution >= 0.6 is 0 Å². The largest absolute Gasteiger partial charge is 0.314 e. The van der Waals surface area contributed by atoms with E-state index in [4.69, 9.17) is 0 Å². The highest BCUT2D eigenvalue weighted by Crippen LogP contribution is 2.29. The lowest BCUT2D eigenvalue weighted by molar-refractivity contribution is 0.372. The molecule has 0 radical (unpaired) electrons. The molecule has 0 aromatic rings. The minimum absolute atomic E-state index is 0.785. The van der Waals surface area contributed by atoms with Crippen LogP contribution in [0.2, 0.25) is 0 Å². The van der Waals surface area contributed by atoms with Gasteiger partial charge in [-0.05, 0) is 44.1 Å². The van der Waals surface area contributed by atoms with Crippen LogP contribution in [-0.4, -0.2) is 12.6 Å². The van der Waals surface area contributed by atoms with Crippen molar-refractivity contribution < 1.29 is 0 Å². The molecule has 16 heavy (non-hydrogen) atoms. The van der Waals surface area contributed by atoms with Gasteiger partial charge in [0.15, 0.2) is 0 Å². The average molecular weight is 225 g/mol. The van der Waals surface area contributed by atoms with E-state index < -0.39 is 0 Å².